The van der Waals surface area contributed by atoms with E-state index in [-0.39, 0.29) is 0 Å². The Balaban J connectivity index is 2.06. The van der Waals surface area contributed by atoms with Crippen molar-refractivity contribution in [2.45, 2.75) is 26.2 Å². The van der Waals surface area contributed by atoms with Gasteiger partial charge in [-0.05, 0) is 31.1 Å². The van der Waals surface area contributed by atoms with Crippen molar-refractivity contribution in [3.63, 3.8) is 0 Å². The van der Waals surface area contributed by atoms with Gasteiger partial charge in [0.2, 0.25) is 0 Å². The summed E-state index contributed by atoms with van der Waals surface area (Å²) in [7, 11) is 1.77. The second-order valence-corrected chi connectivity index (χ2v) is 3.41. The monoisotopic (exact) mass is 209 g/mol. The lowest BCUT2D eigenvalue weighted by atomic mass is 10.3. The molecule has 0 aromatic carbocycles. The summed E-state index contributed by atoms with van der Waals surface area (Å²) in [5, 5.41) is 15.1. The molecule has 0 aliphatic carbocycles. The van der Waals surface area contributed by atoms with E-state index in [0.29, 0.717) is 0 Å². The maximum Gasteiger partial charge on any atom is 0.178 e. The van der Waals surface area contributed by atoms with Gasteiger partial charge < -0.3 is 5.32 Å². The number of nitrogens with one attached hydrogen (secondary N) is 1. The van der Waals surface area contributed by atoms with Gasteiger partial charge in [-0.2, -0.15) is 4.80 Å². The molecule has 5 heteroatoms. The van der Waals surface area contributed by atoms with E-state index in [1.54, 1.807) is 7.05 Å². The number of aromatic nitrogens is 4. The van der Waals surface area contributed by atoms with Crippen LogP contribution in [-0.2, 0) is 13.5 Å². The molecule has 84 valence electrons. The first-order valence-corrected chi connectivity index (χ1v) is 5.41. The molecule has 0 aliphatic rings. The fraction of sp³-hybridized carbons (Fsp3) is 0.700. The first-order chi connectivity index (χ1) is 7.33. The number of hydrogen-bond acceptors (Lipinski definition) is 4. The Morgan fingerprint density at radius 2 is 2.20 bits per heavy atom. The SMILES string of the molecule is CCCNCC/C=C/Cc1nnn(C)n1. The molecule has 0 bridgehead atoms. The third-order valence-corrected chi connectivity index (χ3v) is 1.93. The van der Waals surface area contributed by atoms with E-state index in [1.807, 2.05) is 0 Å². The molecule has 0 unspecified atom stereocenters. The predicted octanol–water partition coefficient (Wildman–Crippen LogP) is 0.698. The predicted molar refractivity (Wildman–Crippen MR) is 59.4 cm³/mol. The number of aryl methyl sites for hydroxylation is 1. The lowest BCUT2D eigenvalue weighted by Gasteiger charge is -1.97. The van der Waals surface area contributed by atoms with Gasteiger partial charge in [-0.15, -0.1) is 10.2 Å². The first-order valence-electron chi connectivity index (χ1n) is 5.41. The number of nitrogens with zero attached hydrogens (tertiary/aromatic N) is 4. The van der Waals surface area contributed by atoms with Crippen molar-refractivity contribution in [3.8, 4) is 0 Å². The Morgan fingerprint density at radius 1 is 1.33 bits per heavy atom. The fourth-order valence-electron chi connectivity index (χ4n) is 1.20. The van der Waals surface area contributed by atoms with E-state index in [4.69, 9.17) is 0 Å². The second kappa shape index (κ2) is 7.11. The highest BCUT2D eigenvalue weighted by Crippen LogP contribution is 1.90. The average Bonchev–Trinajstić information content (AvgIpc) is 2.63. The molecule has 0 atom stereocenters. The van der Waals surface area contributed by atoms with Crippen LogP contribution in [0.3, 0.4) is 0 Å². The molecule has 1 aromatic heterocycles. The van der Waals surface area contributed by atoms with Gasteiger partial charge in [-0.1, -0.05) is 19.1 Å². The molecule has 0 fully saturated rings. The molecular formula is C10H19N5. The van der Waals surface area contributed by atoms with Crippen LogP contribution in [0.2, 0.25) is 0 Å². The number of hydrogen-bond donors (Lipinski definition) is 1. The summed E-state index contributed by atoms with van der Waals surface area (Å²) < 4.78 is 0. The smallest absolute Gasteiger partial charge is 0.178 e. The number of allylic oxidation sites excluding steroid dienone is 1. The molecule has 0 aliphatic heterocycles. The first kappa shape index (κ1) is 11.8. The van der Waals surface area contributed by atoms with Crippen LogP contribution in [0.25, 0.3) is 0 Å². The van der Waals surface area contributed by atoms with Gasteiger partial charge in [0, 0.05) is 6.42 Å². The summed E-state index contributed by atoms with van der Waals surface area (Å²) in [6.07, 6.45) is 7.25. The van der Waals surface area contributed by atoms with Gasteiger partial charge in [0.15, 0.2) is 5.82 Å². The average molecular weight is 209 g/mol. The van der Waals surface area contributed by atoms with Gasteiger partial charge in [0.25, 0.3) is 0 Å². The van der Waals surface area contributed by atoms with E-state index in [0.717, 1.165) is 31.8 Å². The van der Waals surface area contributed by atoms with Crippen LogP contribution < -0.4 is 5.32 Å². The lowest BCUT2D eigenvalue weighted by Crippen LogP contribution is -2.15. The van der Waals surface area contributed by atoms with Gasteiger partial charge >= 0.3 is 0 Å². The van der Waals surface area contributed by atoms with Gasteiger partial charge in [0.1, 0.15) is 0 Å². The highest BCUT2D eigenvalue weighted by atomic mass is 15.6. The zero-order chi connectivity index (χ0) is 10.9. The maximum atomic E-state index is 4.09. The molecule has 0 saturated carbocycles. The van der Waals surface area contributed by atoms with E-state index in [2.05, 4.69) is 39.8 Å². The van der Waals surface area contributed by atoms with Crippen LogP contribution in [0.5, 0.6) is 0 Å². The van der Waals surface area contributed by atoms with Crippen molar-refractivity contribution >= 4 is 0 Å². The summed E-state index contributed by atoms with van der Waals surface area (Å²) in [5.41, 5.74) is 0. The second-order valence-electron chi connectivity index (χ2n) is 3.41. The zero-order valence-electron chi connectivity index (χ0n) is 9.48. The van der Waals surface area contributed by atoms with E-state index >= 15 is 0 Å². The fourth-order valence-corrected chi connectivity index (χ4v) is 1.20. The molecule has 1 heterocycles. The van der Waals surface area contributed by atoms with Gasteiger partial charge in [0.05, 0.1) is 7.05 Å². The highest BCUT2D eigenvalue weighted by Gasteiger charge is 1.95. The van der Waals surface area contributed by atoms with Crippen molar-refractivity contribution in [2.24, 2.45) is 7.05 Å². The molecule has 0 amide bonds. The standard InChI is InChI=1S/C10H19N5/c1-3-8-11-9-6-4-5-7-10-12-14-15(2)13-10/h4-5,11H,3,6-9H2,1-2H3/b5-4+. The lowest BCUT2D eigenvalue weighted by molar-refractivity contribution is 0.628. The Labute approximate surface area is 90.6 Å². The number of tetrazole rings is 1. The summed E-state index contributed by atoms with van der Waals surface area (Å²) in [6.45, 7) is 4.31. The Morgan fingerprint density at radius 3 is 2.87 bits per heavy atom. The highest BCUT2D eigenvalue weighted by molar-refractivity contribution is 4.92. The van der Waals surface area contributed by atoms with E-state index in [9.17, 15) is 0 Å². The zero-order valence-corrected chi connectivity index (χ0v) is 9.48. The van der Waals surface area contributed by atoms with E-state index < -0.39 is 0 Å². The topological polar surface area (TPSA) is 55.6 Å². The van der Waals surface area contributed by atoms with Gasteiger partial charge in [-0.3, -0.25) is 0 Å². The summed E-state index contributed by atoms with van der Waals surface area (Å²) in [6, 6.07) is 0. The van der Waals surface area contributed by atoms with Crippen LogP contribution in [0.4, 0.5) is 0 Å². The molecule has 1 N–H and O–H groups in total. The minimum absolute atomic E-state index is 0.765. The summed E-state index contributed by atoms with van der Waals surface area (Å²) >= 11 is 0. The third-order valence-electron chi connectivity index (χ3n) is 1.93. The van der Waals surface area contributed by atoms with Crippen molar-refractivity contribution in [1.29, 1.82) is 0 Å². The summed E-state index contributed by atoms with van der Waals surface area (Å²) in [5.74, 6) is 0.773. The van der Waals surface area contributed by atoms with Crippen LogP contribution in [0.1, 0.15) is 25.6 Å². The molecular weight excluding hydrogens is 190 g/mol. The summed E-state index contributed by atoms with van der Waals surface area (Å²) in [4.78, 5) is 1.48. The van der Waals surface area contributed by atoms with Crippen LogP contribution >= 0.6 is 0 Å². The Kier molecular flexibility index (Phi) is 5.62. The van der Waals surface area contributed by atoms with Crippen LogP contribution in [0.15, 0.2) is 12.2 Å². The van der Waals surface area contributed by atoms with Gasteiger partial charge in [-0.25, -0.2) is 0 Å². The third kappa shape index (κ3) is 5.27. The molecule has 0 saturated heterocycles. The number of rotatable bonds is 7. The minimum Gasteiger partial charge on any atom is -0.316 e. The molecule has 1 rings (SSSR count). The maximum absolute atomic E-state index is 4.09. The molecule has 0 radical (unpaired) electrons. The molecule has 5 nitrogen and oxygen atoms in total. The van der Waals surface area contributed by atoms with Crippen molar-refractivity contribution in [2.75, 3.05) is 13.1 Å². The Hall–Kier alpha value is -1.23. The quantitative estimate of drug-likeness (QED) is 0.530. The Bertz CT molecular complexity index is 292. The van der Waals surface area contributed by atoms with Crippen molar-refractivity contribution in [1.82, 2.24) is 25.5 Å². The van der Waals surface area contributed by atoms with Crippen LogP contribution in [0, 0.1) is 0 Å². The largest absolute Gasteiger partial charge is 0.316 e. The molecule has 1 aromatic rings. The molecule has 0 spiro atoms. The molecule has 15 heavy (non-hydrogen) atoms. The minimum atomic E-state index is 0.765. The normalized spacial score (nSPS) is 11.3. The van der Waals surface area contributed by atoms with Crippen molar-refractivity contribution in [3.05, 3.63) is 18.0 Å². The van der Waals surface area contributed by atoms with Crippen molar-refractivity contribution < 1.29 is 0 Å². The van der Waals surface area contributed by atoms with E-state index in [1.165, 1.54) is 11.2 Å². The van der Waals surface area contributed by atoms with Crippen LogP contribution in [-0.4, -0.2) is 33.3 Å².